The number of aliphatic hydroxyl groups excluding tert-OH is 1. The molecule has 3 aromatic rings. The van der Waals surface area contributed by atoms with E-state index >= 15 is 0 Å². The SMILES string of the molecule is O=C(Nc1ccc(F)cc1F)C1=C(O)CCc2c1nc1ccccn21. The van der Waals surface area contributed by atoms with Gasteiger partial charge in [0.2, 0.25) is 0 Å². The highest BCUT2D eigenvalue weighted by molar-refractivity contribution is 6.26. The molecule has 0 saturated heterocycles. The fourth-order valence-electron chi connectivity index (χ4n) is 3.00. The predicted octanol–water partition coefficient (Wildman–Crippen LogP) is 3.47. The van der Waals surface area contributed by atoms with Crippen LogP contribution in [0.2, 0.25) is 0 Å². The second-order valence-corrected chi connectivity index (χ2v) is 5.74. The molecule has 2 N–H and O–H groups in total. The molecule has 0 saturated carbocycles. The number of aliphatic hydroxyl groups is 1. The minimum atomic E-state index is -0.889. The van der Waals surface area contributed by atoms with Crippen LogP contribution >= 0.6 is 0 Å². The first kappa shape index (κ1) is 15.3. The molecule has 0 spiro atoms. The van der Waals surface area contributed by atoms with E-state index in [4.69, 9.17) is 0 Å². The number of rotatable bonds is 2. The van der Waals surface area contributed by atoms with Crippen LogP contribution in [0.15, 0.2) is 48.4 Å². The zero-order chi connectivity index (χ0) is 17.6. The van der Waals surface area contributed by atoms with Crippen LogP contribution in [0.5, 0.6) is 0 Å². The number of amides is 1. The molecule has 2 aromatic heterocycles. The van der Waals surface area contributed by atoms with Crippen molar-refractivity contribution < 1.29 is 18.7 Å². The second kappa shape index (κ2) is 5.70. The number of carbonyl (C=O) groups is 1. The summed E-state index contributed by atoms with van der Waals surface area (Å²) in [6, 6.07) is 8.33. The Bertz CT molecular complexity index is 1040. The van der Waals surface area contributed by atoms with Crippen molar-refractivity contribution in [1.29, 1.82) is 0 Å². The summed E-state index contributed by atoms with van der Waals surface area (Å²) < 4.78 is 28.6. The Balaban J connectivity index is 1.75. The molecular formula is C18H13F2N3O2. The van der Waals surface area contributed by atoms with Gasteiger partial charge in [-0.15, -0.1) is 0 Å². The quantitative estimate of drug-likeness (QED) is 0.750. The topological polar surface area (TPSA) is 66.6 Å². The van der Waals surface area contributed by atoms with Crippen LogP contribution in [0.4, 0.5) is 14.5 Å². The maximum absolute atomic E-state index is 13.8. The first-order valence-electron chi connectivity index (χ1n) is 7.69. The first-order valence-corrected chi connectivity index (χ1v) is 7.69. The number of allylic oxidation sites excluding steroid dienone is 1. The minimum absolute atomic E-state index is 0.00803. The van der Waals surface area contributed by atoms with E-state index in [0.717, 1.165) is 17.8 Å². The summed E-state index contributed by atoms with van der Waals surface area (Å²) in [6.07, 6.45) is 2.65. The lowest BCUT2D eigenvalue weighted by Crippen LogP contribution is -2.20. The molecule has 4 rings (SSSR count). The van der Waals surface area contributed by atoms with Crippen LogP contribution in [0.1, 0.15) is 17.8 Å². The molecular weight excluding hydrogens is 328 g/mol. The van der Waals surface area contributed by atoms with Gasteiger partial charge in [0, 0.05) is 18.7 Å². The summed E-state index contributed by atoms with van der Waals surface area (Å²) in [4.78, 5) is 17.0. The van der Waals surface area contributed by atoms with Gasteiger partial charge in [0.25, 0.3) is 5.91 Å². The highest BCUT2D eigenvalue weighted by atomic mass is 19.1. The van der Waals surface area contributed by atoms with Crippen molar-refractivity contribution in [1.82, 2.24) is 9.38 Å². The average molecular weight is 341 g/mol. The zero-order valence-corrected chi connectivity index (χ0v) is 13.0. The van der Waals surface area contributed by atoms with E-state index in [1.165, 1.54) is 0 Å². The van der Waals surface area contributed by atoms with Crippen molar-refractivity contribution in [3.05, 3.63) is 71.4 Å². The molecule has 126 valence electrons. The van der Waals surface area contributed by atoms with E-state index in [-0.39, 0.29) is 23.4 Å². The molecule has 25 heavy (non-hydrogen) atoms. The zero-order valence-electron chi connectivity index (χ0n) is 13.0. The highest BCUT2D eigenvalue weighted by Gasteiger charge is 2.29. The number of nitrogens with zero attached hydrogens (tertiary/aromatic N) is 2. The number of nitrogens with one attached hydrogen (secondary N) is 1. The highest BCUT2D eigenvalue weighted by Crippen LogP contribution is 2.31. The maximum atomic E-state index is 13.8. The van der Waals surface area contributed by atoms with Gasteiger partial charge in [-0.1, -0.05) is 6.07 Å². The molecule has 5 nitrogen and oxygen atoms in total. The summed E-state index contributed by atoms with van der Waals surface area (Å²) in [7, 11) is 0. The van der Waals surface area contributed by atoms with Crippen molar-refractivity contribution in [3.8, 4) is 0 Å². The molecule has 0 radical (unpaired) electrons. The van der Waals surface area contributed by atoms with E-state index < -0.39 is 17.5 Å². The lowest BCUT2D eigenvalue weighted by Gasteiger charge is -2.16. The van der Waals surface area contributed by atoms with E-state index in [0.29, 0.717) is 23.8 Å². The third-order valence-electron chi connectivity index (χ3n) is 4.16. The number of pyridine rings is 1. The van der Waals surface area contributed by atoms with Crippen molar-refractivity contribution in [3.63, 3.8) is 0 Å². The summed E-state index contributed by atoms with van der Waals surface area (Å²) in [5, 5.41) is 12.6. The third kappa shape index (κ3) is 2.53. The summed E-state index contributed by atoms with van der Waals surface area (Å²) in [5.74, 6) is -2.42. The van der Waals surface area contributed by atoms with Gasteiger partial charge in [-0.25, -0.2) is 13.8 Å². The van der Waals surface area contributed by atoms with Gasteiger partial charge in [0.05, 0.1) is 11.4 Å². The predicted molar refractivity (Wildman–Crippen MR) is 88.0 cm³/mol. The van der Waals surface area contributed by atoms with Crippen molar-refractivity contribution >= 4 is 22.8 Å². The number of fused-ring (bicyclic) bond motifs is 3. The Morgan fingerprint density at radius 2 is 2.04 bits per heavy atom. The molecule has 1 amide bonds. The van der Waals surface area contributed by atoms with E-state index in [1.807, 2.05) is 22.7 Å². The van der Waals surface area contributed by atoms with Gasteiger partial charge in [-0.2, -0.15) is 0 Å². The normalized spacial score (nSPS) is 13.8. The number of carbonyl (C=O) groups excluding carboxylic acids is 1. The Morgan fingerprint density at radius 1 is 1.20 bits per heavy atom. The van der Waals surface area contributed by atoms with E-state index in [2.05, 4.69) is 10.3 Å². The van der Waals surface area contributed by atoms with Gasteiger partial charge < -0.3 is 14.8 Å². The lowest BCUT2D eigenvalue weighted by molar-refractivity contribution is -0.111. The summed E-state index contributed by atoms with van der Waals surface area (Å²) >= 11 is 0. The molecule has 7 heteroatoms. The molecule has 1 aromatic carbocycles. The molecule has 0 aliphatic heterocycles. The van der Waals surface area contributed by atoms with Crippen LogP contribution < -0.4 is 5.32 Å². The molecule has 0 bridgehead atoms. The molecule has 1 aliphatic carbocycles. The standard InChI is InChI=1S/C18H13F2N3O2/c19-10-4-5-12(11(20)9-10)21-18(25)16-14(24)7-6-13-17(16)22-15-3-1-2-8-23(13)15/h1-5,8-9,24H,6-7H2,(H,21,25). The Labute approximate surface area is 141 Å². The monoisotopic (exact) mass is 341 g/mol. The van der Waals surface area contributed by atoms with Crippen molar-refractivity contribution in [2.75, 3.05) is 5.32 Å². The Morgan fingerprint density at radius 3 is 2.84 bits per heavy atom. The summed E-state index contributed by atoms with van der Waals surface area (Å²) in [5.41, 5.74) is 1.67. The van der Waals surface area contributed by atoms with Gasteiger partial charge in [0.15, 0.2) is 0 Å². The summed E-state index contributed by atoms with van der Waals surface area (Å²) in [6.45, 7) is 0. The molecule has 0 unspecified atom stereocenters. The molecule has 2 heterocycles. The Hall–Kier alpha value is -3.22. The molecule has 1 aliphatic rings. The number of aromatic nitrogens is 2. The minimum Gasteiger partial charge on any atom is -0.511 e. The number of anilines is 1. The maximum Gasteiger partial charge on any atom is 0.261 e. The van der Waals surface area contributed by atoms with Crippen molar-refractivity contribution in [2.24, 2.45) is 0 Å². The third-order valence-corrected chi connectivity index (χ3v) is 4.16. The molecule has 0 fully saturated rings. The van der Waals surface area contributed by atoms with Crippen LogP contribution in [0.3, 0.4) is 0 Å². The average Bonchev–Trinajstić information content (AvgIpc) is 2.95. The number of benzene rings is 1. The Kier molecular flexibility index (Phi) is 3.49. The van der Waals surface area contributed by atoms with E-state index in [1.54, 1.807) is 6.07 Å². The van der Waals surface area contributed by atoms with Gasteiger partial charge in [-0.3, -0.25) is 4.79 Å². The van der Waals surface area contributed by atoms with E-state index in [9.17, 15) is 18.7 Å². The van der Waals surface area contributed by atoms with Gasteiger partial charge >= 0.3 is 0 Å². The first-order chi connectivity index (χ1) is 12.0. The fraction of sp³-hybridized carbons (Fsp3) is 0.111. The number of aryl methyl sites for hydroxylation is 1. The lowest BCUT2D eigenvalue weighted by atomic mass is 9.97. The number of hydrogen-bond donors (Lipinski definition) is 2. The van der Waals surface area contributed by atoms with Crippen LogP contribution in [0, 0.1) is 11.6 Å². The van der Waals surface area contributed by atoms with Crippen LogP contribution in [-0.4, -0.2) is 20.4 Å². The smallest absolute Gasteiger partial charge is 0.261 e. The van der Waals surface area contributed by atoms with Gasteiger partial charge in [0.1, 0.15) is 34.3 Å². The number of hydrogen-bond acceptors (Lipinski definition) is 3. The molecule has 0 atom stereocenters. The second-order valence-electron chi connectivity index (χ2n) is 5.74. The van der Waals surface area contributed by atoms with Crippen LogP contribution in [-0.2, 0) is 11.2 Å². The fourth-order valence-corrected chi connectivity index (χ4v) is 3.00. The number of imidazole rings is 1. The van der Waals surface area contributed by atoms with Crippen molar-refractivity contribution in [2.45, 2.75) is 12.8 Å². The van der Waals surface area contributed by atoms with Crippen LogP contribution in [0.25, 0.3) is 11.2 Å². The largest absolute Gasteiger partial charge is 0.511 e. The number of halogens is 2. The van der Waals surface area contributed by atoms with Gasteiger partial charge in [-0.05, 0) is 30.7 Å².